The highest BCUT2D eigenvalue weighted by molar-refractivity contribution is 7.93. The molecule has 0 saturated carbocycles. The molecule has 1 aliphatic heterocycles. The van der Waals surface area contributed by atoms with Gasteiger partial charge >= 0.3 is 12.3 Å². The second kappa shape index (κ2) is 9.99. The molecule has 0 aliphatic carbocycles. The quantitative estimate of drug-likeness (QED) is 0.502. The first-order valence-electron chi connectivity index (χ1n) is 10.5. The number of sulfonamides is 1. The van der Waals surface area contributed by atoms with Crippen molar-refractivity contribution in [2.24, 2.45) is 0 Å². The monoisotopic (exact) mass is 542 g/mol. The van der Waals surface area contributed by atoms with Gasteiger partial charge in [0.05, 0.1) is 12.2 Å². The predicted octanol–water partition coefficient (Wildman–Crippen LogP) is 4.02. The molecule has 0 spiro atoms. The van der Waals surface area contributed by atoms with Crippen LogP contribution in [0.4, 0.5) is 38.1 Å². The van der Waals surface area contributed by atoms with Gasteiger partial charge in [-0.25, -0.2) is 22.0 Å². The van der Waals surface area contributed by atoms with E-state index in [1.807, 2.05) is 0 Å². The summed E-state index contributed by atoms with van der Waals surface area (Å²) in [6.07, 6.45) is -7.99. The first kappa shape index (κ1) is 27.3. The Morgan fingerprint density at radius 1 is 1.28 bits per heavy atom. The minimum atomic E-state index is -4.83. The maximum Gasteiger partial charge on any atom is 0.427 e. The summed E-state index contributed by atoms with van der Waals surface area (Å²) in [5.74, 6) is -0.422. The zero-order chi connectivity index (χ0) is 26.9. The van der Waals surface area contributed by atoms with Crippen molar-refractivity contribution in [1.82, 2.24) is 9.78 Å². The van der Waals surface area contributed by atoms with Gasteiger partial charge in [-0.2, -0.15) is 13.2 Å². The average Bonchev–Trinajstić information content (AvgIpc) is 3.20. The van der Waals surface area contributed by atoms with Crippen LogP contribution in [0.5, 0.6) is 11.6 Å². The fourth-order valence-corrected chi connectivity index (χ4v) is 4.57. The number of ether oxygens (including phenoxy) is 3. The van der Waals surface area contributed by atoms with Gasteiger partial charge in [0.25, 0.3) is 22.3 Å². The van der Waals surface area contributed by atoms with Gasteiger partial charge in [-0.05, 0) is 39.0 Å². The lowest BCUT2D eigenvalue weighted by Gasteiger charge is -2.31. The van der Waals surface area contributed by atoms with E-state index in [2.05, 4.69) is 15.2 Å². The van der Waals surface area contributed by atoms with Gasteiger partial charge in [0.2, 0.25) is 5.60 Å². The van der Waals surface area contributed by atoms with Crippen LogP contribution >= 0.6 is 0 Å². The van der Waals surface area contributed by atoms with Gasteiger partial charge in [0.1, 0.15) is 12.4 Å². The van der Waals surface area contributed by atoms with Crippen molar-refractivity contribution >= 4 is 27.5 Å². The van der Waals surface area contributed by atoms with Gasteiger partial charge in [-0.15, -0.1) is 5.10 Å². The highest BCUT2D eigenvalue weighted by Crippen LogP contribution is 2.39. The van der Waals surface area contributed by atoms with Gasteiger partial charge in [-0.3, -0.25) is 14.3 Å². The number of aromatic nitrogens is 2. The summed E-state index contributed by atoms with van der Waals surface area (Å²) in [6, 6.07) is 3.76. The Labute approximate surface area is 203 Å². The maximum absolute atomic E-state index is 13.5. The summed E-state index contributed by atoms with van der Waals surface area (Å²) < 4.78 is 108. The Balaban J connectivity index is 1.92. The molecule has 0 unspecified atom stereocenters. The van der Waals surface area contributed by atoms with E-state index < -0.39 is 51.7 Å². The molecule has 0 bridgehead atoms. The van der Waals surface area contributed by atoms with Crippen molar-refractivity contribution < 1.29 is 49.4 Å². The Morgan fingerprint density at radius 2 is 1.97 bits per heavy atom. The van der Waals surface area contributed by atoms with Crippen LogP contribution in [0, 0.1) is 0 Å². The number of hydrogen-bond donors (Lipinski definition) is 1. The van der Waals surface area contributed by atoms with Crippen molar-refractivity contribution in [3.05, 3.63) is 24.4 Å². The third-order valence-corrected chi connectivity index (χ3v) is 6.79. The predicted molar refractivity (Wildman–Crippen MR) is 116 cm³/mol. The van der Waals surface area contributed by atoms with Crippen LogP contribution in [-0.2, 0) is 21.3 Å². The van der Waals surface area contributed by atoms with Crippen molar-refractivity contribution in [3.63, 3.8) is 0 Å². The molecule has 3 rings (SSSR count). The number of rotatable bonds is 8. The first-order chi connectivity index (χ1) is 16.7. The van der Waals surface area contributed by atoms with Crippen LogP contribution in [0.3, 0.4) is 0 Å². The third-order valence-electron chi connectivity index (χ3n) is 4.99. The van der Waals surface area contributed by atoms with Crippen LogP contribution in [0.25, 0.3) is 0 Å². The average molecular weight is 542 g/mol. The molecule has 1 amide bonds. The van der Waals surface area contributed by atoms with Gasteiger partial charge in [0.15, 0.2) is 11.5 Å². The summed E-state index contributed by atoms with van der Waals surface area (Å²) in [7, 11) is -4.43. The van der Waals surface area contributed by atoms with E-state index in [9.17, 15) is 35.2 Å². The number of anilines is 2. The number of amides is 1. The Kier molecular flexibility index (Phi) is 7.57. The number of nitrogens with one attached hydrogen (secondary N) is 1. The van der Waals surface area contributed by atoms with E-state index in [1.165, 1.54) is 16.8 Å². The highest BCUT2D eigenvalue weighted by Gasteiger charge is 2.51. The minimum Gasteiger partial charge on any atom is -0.489 e. The summed E-state index contributed by atoms with van der Waals surface area (Å²) in [4.78, 5) is 11.6. The first-order valence-corrected chi connectivity index (χ1v) is 11.9. The smallest absolute Gasteiger partial charge is 0.427 e. The molecule has 0 saturated heterocycles. The summed E-state index contributed by atoms with van der Waals surface area (Å²) in [5, 5.41) is 6.01. The molecule has 200 valence electrons. The number of hydrogen-bond acceptors (Lipinski definition) is 7. The van der Waals surface area contributed by atoms with E-state index in [-0.39, 0.29) is 36.8 Å². The van der Waals surface area contributed by atoms with Crippen LogP contribution in [0.1, 0.15) is 20.8 Å². The Bertz CT molecular complexity index is 1220. The molecule has 2 heterocycles. The number of carbonyl (C=O) groups excluding carboxylic acids is 1. The second-order valence-corrected chi connectivity index (χ2v) is 9.82. The lowest BCUT2D eigenvalue weighted by molar-refractivity contribution is -0.242. The normalized spacial score (nSPS) is 14.3. The van der Waals surface area contributed by atoms with Gasteiger partial charge in [-0.1, -0.05) is 0 Å². The number of fused-ring (bicyclic) bond motifs is 1. The van der Waals surface area contributed by atoms with E-state index in [4.69, 9.17) is 9.47 Å². The molecule has 0 atom stereocenters. The summed E-state index contributed by atoms with van der Waals surface area (Å²) in [5.41, 5.74) is -2.92. The van der Waals surface area contributed by atoms with Crippen molar-refractivity contribution in [2.75, 3.05) is 29.4 Å². The van der Waals surface area contributed by atoms with Crippen molar-refractivity contribution in [1.29, 1.82) is 0 Å². The molecule has 1 aromatic carbocycles. The Hall–Kier alpha value is -3.30. The summed E-state index contributed by atoms with van der Waals surface area (Å²) >= 11 is 0. The zero-order valence-corrected chi connectivity index (χ0v) is 20.1. The fourth-order valence-electron chi connectivity index (χ4n) is 3.04. The molecular formula is C20H23F5N4O6S. The molecule has 0 fully saturated rings. The number of nitrogens with zero attached hydrogens (tertiary/aromatic N) is 3. The minimum absolute atomic E-state index is 0.0572. The fraction of sp³-hybridized carbons (Fsp3) is 0.500. The maximum atomic E-state index is 13.5. The number of alkyl halides is 5. The number of aryl methyl sites for hydroxylation is 1. The largest absolute Gasteiger partial charge is 0.489 e. The van der Waals surface area contributed by atoms with Crippen molar-refractivity contribution in [3.8, 4) is 11.6 Å². The van der Waals surface area contributed by atoms with E-state index in [0.29, 0.717) is 13.8 Å². The van der Waals surface area contributed by atoms with Crippen LogP contribution < -0.4 is 19.1 Å². The lowest BCUT2D eigenvalue weighted by Crippen LogP contribution is -2.44. The molecule has 36 heavy (non-hydrogen) atoms. The molecule has 16 heteroatoms. The standard InChI is InChI=1S/C20H23F5N4O6S/c1-4-28-10-15(17(27-28)34-11-16(21)22)36(31,32)29-7-8-33-14-6-5-12(9-13(14)29)26-18(30)35-19(2,3)20(23,24)25/h5-6,9-10,16H,4,7-8,11H2,1-3H3,(H,26,30). The highest BCUT2D eigenvalue weighted by atomic mass is 32.2. The molecule has 1 aromatic heterocycles. The van der Waals surface area contributed by atoms with Crippen LogP contribution in [0.15, 0.2) is 29.3 Å². The van der Waals surface area contributed by atoms with E-state index in [1.54, 1.807) is 6.92 Å². The SMILES string of the molecule is CCn1cc(S(=O)(=O)N2CCOc3ccc(NC(=O)OC(C)(C)C(F)(F)F)cc32)c(OCC(F)F)n1. The molecular weight excluding hydrogens is 519 g/mol. The Morgan fingerprint density at radius 3 is 2.58 bits per heavy atom. The second-order valence-electron chi connectivity index (χ2n) is 7.99. The third kappa shape index (κ3) is 5.74. The zero-order valence-electron chi connectivity index (χ0n) is 19.3. The van der Waals surface area contributed by atoms with E-state index >= 15 is 0 Å². The van der Waals surface area contributed by atoms with Crippen LogP contribution in [0.2, 0.25) is 0 Å². The summed E-state index contributed by atoms with van der Waals surface area (Å²) in [6.45, 7) is 1.89. The lowest BCUT2D eigenvalue weighted by atomic mass is 10.1. The van der Waals surface area contributed by atoms with Crippen molar-refractivity contribution in [2.45, 2.75) is 50.4 Å². The molecule has 0 radical (unpaired) electrons. The molecule has 10 nitrogen and oxygen atoms in total. The van der Waals surface area contributed by atoms with Crippen LogP contribution in [-0.4, -0.2) is 62.3 Å². The molecule has 2 aromatic rings. The van der Waals surface area contributed by atoms with Gasteiger partial charge < -0.3 is 14.2 Å². The van der Waals surface area contributed by atoms with E-state index in [0.717, 1.165) is 16.6 Å². The van der Waals surface area contributed by atoms with Gasteiger partial charge in [0, 0.05) is 18.4 Å². The number of carbonyl (C=O) groups is 1. The molecule has 1 N–H and O–H groups in total. The number of halogens is 5. The number of benzene rings is 1. The molecule has 1 aliphatic rings. The topological polar surface area (TPSA) is 112 Å².